The molecule has 6 heteroatoms. The van der Waals surface area contributed by atoms with Crippen LogP contribution in [0.15, 0.2) is 36.8 Å². The van der Waals surface area contributed by atoms with Gasteiger partial charge in [0.25, 0.3) is 0 Å². The van der Waals surface area contributed by atoms with Crippen molar-refractivity contribution in [1.82, 2.24) is 19.4 Å². The largest absolute Gasteiger partial charge is 0.497 e. The van der Waals surface area contributed by atoms with E-state index in [4.69, 9.17) is 10.5 Å². The number of methoxy groups -OCH3 is 1. The molecule has 2 heterocycles. The summed E-state index contributed by atoms with van der Waals surface area (Å²) >= 11 is 0. The molecule has 0 aliphatic carbocycles. The van der Waals surface area contributed by atoms with Gasteiger partial charge in [0.15, 0.2) is 0 Å². The van der Waals surface area contributed by atoms with Gasteiger partial charge in [0.2, 0.25) is 11.7 Å². The van der Waals surface area contributed by atoms with Crippen LogP contribution in [-0.4, -0.2) is 26.5 Å². The second kappa shape index (κ2) is 3.99. The van der Waals surface area contributed by atoms with Gasteiger partial charge in [-0.3, -0.25) is 4.40 Å². The molecule has 18 heavy (non-hydrogen) atoms. The number of hydrogen-bond acceptors (Lipinski definition) is 5. The lowest BCUT2D eigenvalue weighted by atomic mass is 10.2. The Bertz CT molecular complexity index is 689. The van der Waals surface area contributed by atoms with E-state index < -0.39 is 0 Å². The van der Waals surface area contributed by atoms with Crippen LogP contribution in [0.1, 0.15) is 0 Å². The summed E-state index contributed by atoms with van der Waals surface area (Å²) in [6.45, 7) is 0. The van der Waals surface area contributed by atoms with Crippen LogP contribution < -0.4 is 10.5 Å². The monoisotopic (exact) mass is 241 g/mol. The van der Waals surface area contributed by atoms with Gasteiger partial charge >= 0.3 is 0 Å². The fraction of sp³-hybridized carbons (Fsp3) is 0.0833. The van der Waals surface area contributed by atoms with Crippen molar-refractivity contribution in [3.05, 3.63) is 36.8 Å². The Morgan fingerprint density at radius 1 is 1.17 bits per heavy atom. The first kappa shape index (κ1) is 10.5. The molecule has 3 rings (SSSR count). The molecule has 0 unspecified atom stereocenters. The number of benzene rings is 1. The minimum Gasteiger partial charge on any atom is -0.497 e. The summed E-state index contributed by atoms with van der Waals surface area (Å²) in [6.07, 6.45) is 3.21. The molecular weight excluding hydrogens is 230 g/mol. The van der Waals surface area contributed by atoms with Crippen LogP contribution >= 0.6 is 0 Å². The number of hydrogen-bond donors (Lipinski definition) is 1. The van der Waals surface area contributed by atoms with Crippen molar-refractivity contribution >= 4 is 11.7 Å². The van der Waals surface area contributed by atoms with Crippen molar-refractivity contribution in [1.29, 1.82) is 0 Å². The first-order chi connectivity index (χ1) is 8.78. The van der Waals surface area contributed by atoms with Crippen molar-refractivity contribution in [2.75, 3.05) is 12.8 Å². The van der Waals surface area contributed by atoms with E-state index in [1.807, 2.05) is 30.5 Å². The molecule has 0 bridgehead atoms. The second-order valence-electron chi connectivity index (χ2n) is 3.76. The van der Waals surface area contributed by atoms with Crippen LogP contribution in [0, 0.1) is 0 Å². The Kier molecular flexibility index (Phi) is 2.33. The van der Waals surface area contributed by atoms with Gasteiger partial charge in [0, 0.05) is 11.8 Å². The molecule has 6 nitrogen and oxygen atoms in total. The highest BCUT2D eigenvalue weighted by Gasteiger charge is 2.07. The zero-order valence-corrected chi connectivity index (χ0v) is 9.74. The van der Waals surface area contributed by atoms with Crippen LogP contribution in [0.4, 0.5) is 5.95 Å². The number of nitrogens with zero attached hydrogens (tertiary/aromatic N) is 4. The molecule has 0 atom stereocenters. The quantitative estimate of drug-likeness (QED) is 0.733. The predicted molar refractivity (Wildman–Crippen MR) is 67.2 cm³/mol. The average molecular weight is 241 g/mol. The third-order valence-corrected chi connectivity index (χ3v) is 2.68. The number of fused-ring (bicyclic) bond motifs is 1. The molecule has 2 aromatic heterocycles. The first-order valence-corrected chi connectivity index (χ1v) is 5.38. The molecule has 90 valence electrons. The van der Waals surface area contributed by atoms with Gasteiger partial charge in [0.05, 0.1) is 12.8 Å². The predicted octanol–water partition coefficient (Wildman–Crippen LogP) is 1.38. The van der Waals surface area contributed by atoms with Crippen LogP contribution in [0.3, 0.4) is 0 Å². The fourth-order valence-corrected chi connectivity index (χ4v) is 1.73. The van der Waals surface area contributed by atoms with E-state index in [-0.39, 0.29) is 0 Å². The zero-order chi connectivity index (χ0) is 12.5. The molecule has 0 amide bonds. The summed E-state index contributed by atoms with van der Waals surface area (Å²) in [6, 6.07) is 7.64. The average Bonchev–Trinajstić information content (AvgIpc) is 2.84. The molecule has 0 fully saturated rings. The summed E-state index contributed by atoms with van der Waals surface area (Å²) in [7, 11) is 1.64. The van der Waals surface area contributed by atoms with E-state index in [0.29, 0.717) is 11.7 Å². The lowest BCUT2D eigenvalue weighted by molar-refractivity contribution is 0.415. The van der Waals surface area contributed by atoms with Gasteiger partial charge in [-0.15, -0.1) is 0 Å². The lowest BCUT2D eigenvalue weighted by Gasteiger charge is -1.99. The van der Waals surface area contributed by atoms with Crippen LogP contribution in [0.5, 0.6) is 5.75 Å². The Morgan fingerprint density at radius 2 is 1.94 bits per heavy atom. The minimum atomic E-state index is 0.368. The van der Waals surface area contributed by atoms with Crippen molar-refractivity contribution < 1.29 is 4.74 Å². The first-order valence-electron chi connectivity index (χ1n) is 5.38. The zero-order valence-electron chi connectivity index (χ0n) is 9.74. The Labute approximate surface area is 103 Å². The van der Waals surface area contributed by atoms with E-state index in [1.165, 1.54) is 6.33 Å². The lowest BCUT2D eigenvalue weighted by Crippen LogP contribution is -1.99. The smallest absolute Gasteiger partial charge is 0.238 e. The van der Waals surface area contributed by atoms with E-state index in [2.05, 4.69) is 15.0 Å². The minimum absolute atomic E-state index is 0.368. The van der Waals surface area contributed by atoms with Gasteiger partial charge in [-0.1, -0.05) is 0 Å². The molecule has 0 saturated heterocycles. The summed E-state index contributed by atoms with van der Waals surface area (Å²) in [5, 5.41) is 0. The van der Waals surface area contributed by atoms with Gasteiger partial charge in [-0.05, 0) is 24.3 Å². The number of rotatable bonds is 2. The Balaban J connectivity index is 2.10. The highest BCUT2D eigenvalue weighted by molar-refractivity contribution is 5.62. The molecule has 0 aliphatic heterocycles. The maximum Gasteiger partial charge on any atom is 0.238 e. The topological polar surface area (TPSA) is 78.3 Å². The van der Waals surface area contributed by atoms with E-state index in [0.717, 1.165) is 17.0 Å². The molecule has 2 N–H and O–H groups in total. The number of ether oxygens (including phenoxy) is 1. The van der Waals surface area contributed by atoms with Gasteiger partial charge in [0.1, 0.15) is 12.1 Å². The summed E-state index contributed by atoms with van der Waals surface area (Å²) < 4.78 is 6.77. The number of aromatic nitrogens is 4. The van der Waals surface area contributed by atoms with E-state index in [9.17, 15) is 0 Å². The van der Waals surface area contributed by atoms with Crippen molar-refractivity contribution in [3.63, 3.8) is 0 Å². The van der Waals surface area contributed by atoms with Crippen molar-refractivity contribution in [2.45, 2.75) is 0 Å². The van der Waals surface area contributed by atoms with Crippen LogP contribution in [-0.2, 0) is 0 Å². The SMILES string of the molecule is COc1ccc(-c2cn3c(N)ncnc3n2)cc1. The third kappa shape index (κ3) is 1.64. The maximum atomic E-state index is 5.75. The number of anilines is 1. The second-order valence-corrected chi connectivity index (χ2v) is 3.76. The summed E-state index contributed by atoms with van der Waals surface area (Å²) in [5.41, 5.74) is 7.51. The van der Waals surface area contributed by atoms with Crippen molar-refractivity contribution in [2.24, 2.45) is 0 Å². The highest BCUT2D eigenvalue weighted by Crippen LogP contribution is 2.22. The Hall–Kier alpha value is -2.63. The van der Waals surface area contributed by atoms with Gasteiger partial charge in [-0.2, -0.15) is 0 Å². The maximum absolute atomic E-state index is 5.75. The fourth-order valence-electron chi connectivity index (χ4n) is 1.73. The number of imidazole rings is 1. The summed E-state index contributed by atoms with van der Waals surface area (Å²) in [5.74, 6) is 1.71. The number of nitrogens with two attached hydrogens (primary N) is 1. The van der Waals surface area contributed by atoms with E-state index in [1.54, 1.807) is 11.5 Å². The third-order valence-electron chi connectivity index (χ3n) is 2.68. The molecule has 0 aliphatic rings. The molecular formula is C12H11N5O. The van der Waals surface area contributed by atoms with E-state index >= 15 is 0 Å². The molecule has 0 saturated carbocycles. The molecule has 0 spiro atoms. The number of nitrogen functional groups attached to an aromatic ring is 1. The highest BCUT2D eigenvalue weighted by atomic mass is 16.5. The van der Waals surface area contributed by atoms with Gasteiger partial charge in [-0.25, -0.2) is 15.0 Å². The normalized spacial score (nSPS) is 10.7. The van der Waals surface area contributed by atoms with Crippen LogP contribution in [0.25, 0.3) is 17.0 Å². The van der Waals surface area contributed by atoms with Gasteiger partial charge < -0.3 is 10.5 Å². The molecule has 3 aromatic rings. The van der Waals surface area contributed by atoms with Crippen molar-refractivity contribution in [3.8, 4) is 17.0 Å². The summed E-state index contributed by atoms with van der Waals surface area (Å²) in [4.78, 5) is 12.4. The van der Waals surface area contributed by atoms with Crippen LogP contribution in [0.2, 0.25) is 0 Å². The standard InChI is InChI=1S/C12H11N5O/c1-18-9-4-2-8(3-5-9)10-6-17-11(13)14-7-15-12(17)16-10/h2-7H,1H3,(H2,13,14,15,16). The Morgan fingerprint density at radius 3 is 2.61 bits per heavy atom. The molecule has 1 aromatic carbocycles. The molecule has 0 radical (unpaired) electrons.